The molecule has 0 aliphatic carbocycles. The van der Waals surface area contributed by atoms with Gasteiger partial charge < -0.3 is 15.4 Å². The van der Waals surface area contributed by atoms with Crippen LogP contribution < -0.4 is 15.4 Å². The van der Waals surface area contributed by atoms with Gasteiger partial charge in [0, 0.05) is 29.8 Å². The number of aromatic nitrogens is 5. The van der Waals surface area contributed by atoms with Crippen LogP contribution in [0.3, 0.4) is 0 Å². The second-order valence-electron chi connectivity index (χ2n) is 5.81. The fourth-order valence-corrected chi connectivity index (χ4v) is 2.85. The first-order valence-corrected chi connectivity index (χ1v) is 8.69. The Morgan fingerprint density at radius 2 is 2.14 bits per heavy atom. The van der Waals surface area contributed by atoms with Crippen molar-refractivity contribution in [3.05, 3.63) is 40.8 Å². The maximum Gasteiger partial charge on any atom is 0.273 e. The summed E-state index contributed by atoms with van der Waals surface area (Å²) in [5, 5.41) is 20.9. The Morgan fingerprint density at radius 1 is 1.32 bits per heavy atom. The molecule has 146 valence electrons. The maximum atomic E-state index is 12.4. The van der Waals surface area contributed by atoms with Gasteiger partial charge in [-0.2, -0.15) is 15.0 Å². The van der Waals surface area contributed by atoms with Crippen LogP contribution in [0.4, 0.5) is 11.4 Å². The monoisotopic (exact) mass is 404 g/mol. The van der Waals surface area contributed by atoms with Crippen molar-refractivity contribution in [2.75, 3.05) is 19.4 Å². The molecule has 0 unspecified atom stereocenters. The highest BCUT2D eigenvalue weighted by Crippen LogP contribution is 2.39. The number of hydrogen-bond acceptors (Lipinski definition) is 7. The third-order valence-electron chi connectivity index (χ3n) is 4.00. The molecule has 9 nitrogen and oxygen atoms in total. The summed E-state index contributed by atoms with van der Waals surface area (Å²) in [5.74, 6) is -0.473. The number of methoxy groups -OCH3 is 1. The third kappa shape index (κ3) is 3.89. The Morgan fingerprint density at radius 3 is 2.79 bits per heavy atom. The third-order valence-corrected chi connectivity index (χ3v) is 4.18. The molecule has 0 bridgehead atoms. The van der Waals surface area contributed by atoms with Crippen LogP contribution in [0.2, 0.25) is 5.15 Å². The van der Waals surface area contributed by atoms with E-state index in [1.54, 1.807) is 13.2 Å². The van der Waals surface area contributed by atoms with Gasteiger partial charge in [0.1, 0.15) is 5.69 Å². The zero-order valence-corrected chi connectivity index (χ0v) is 16.2. The van der Waals surface area contributed by atoms with E-state index in [4.69, 9.17) is 20.5 Å². The average Bonchev–Trinajstić information content (AvgIpc) is 3.12. The lowest BCUT2D eigenvalue weighted by molar-refractivity contribution is 0.0958. The second kappa shape index (κ2) is 8.22. The van der Waals surface area contributed by atoms with Gasteiger partial charge in [-0.1, -0.05) is 18.5 Å². The van der Waals surface area contributed by atoms with Gasteiger partial charge in [0.05, 0.1) is 24.7 Å². The molecule has 2 aromatic heterocycles. The molecule has 0 saturated heterocycles. The molecular formula is C18H20ClN7O2. The number of aryl methyl sites for hydroxylation is 2. The van der Waals surface area contributed by atoms with Crippen molar-refractivity contribution in [1.82, 2.24) is 30.5 Å². The van der Waals surface area contributed by atoms with Gasteiger partial charge in [-0.3, -0.25) is 4.79 Å². The van der Waals surface area contributed by atoms with Gasteiger partial charge in [0.25, 0.3) is 5.91 Å². The van der Waals surface area contributed by atoms with Crippen LogP contribution in [0.25, 0.3) is 11.3 Å². The van der Waals surface area contributed by atoms with E-state index in [1.807, 2.05) is 24.4 Å². The number of anilines is 2. The number of rotatable bonds is 6. The number of benzene rings is 1. The number of nitrogens with zero attached hydrogens (tertiary/aromatic N) is 5. The standard InChI is InChI=1S/C18H20ClN7O2/c1-5-10-6-11(14-9-21-26(3)25-14)17(28-4)13(7-10)22-12-8-15(19)23-24-16(12)18(27)20-2/h6-9H,5H2,1-4H3,(H,20,27)(H,22,23)/i2D3. The van der Waals surface area contributed by atoms with E-state index in [0.717, 1.165) is 5.56 Å². The van der Waals surface area contributed by atoms with Gasteiger partial charge in [-0.25, -0.2) is 0 Å². The highest BCUT2D eigenvalue weighted by molar-refractivity contribution is 6.29. The minimum Gasteiger partial charge on any atom is -0.494 e. The van der Waals surface area contributed by atoms with Crippen LogP contribution in [0, 0.1) is 0 Å². The minimum absolute atomic E-state index is 0.0210. The number of nitrogens with one attached hydrogen (secondary N) is 2. The summed E-state index contributed by atoms with van der Waals surface area (Å²) in [4.78, 5) is 13.9. The Hall–Kier alpha value is -3.20. The fourth-order valence-electron chi connectivity index (χ4n) is 2.70. The van der Waals surface area contributed by atoms with E-state index >= 15 is 0 Å². The lowest BCUT2D eigenvalue weighted by Gasteiger charge is -2.17. The minimum atomic E-state index is -2.69. The molecule has 3 rings (SSSR count). The van der Waals surface area contributed by atoms with Crippen LogP contribution in [0.5, 0.6) is 5.75 Å². The molecule has 3 aromatic rings. The second-order valence-corrected chi connectivity index (χ2v) is 6.19. The van der Waals surface area contributed by atoms with Crippen LogP contribution >= 0.6 is 11.6 Å². The number of carbonyl (C=O) groups is 1. The first-order valence-electron chi connectivity index (χ1n) is 9.81. The summed E-state index contributed by atoms with van der Waals surface area (Å²) in [7, 11) is 3.21. The highest BCUT2D eigenvalue weighted by Gasteiger charge is 2.19. The summed E-state index contributed by atoms with van der Waals surface area (Å²) in [6.07, 6.45) is 2.33. The number of amides is 1. The fraction of sp³-hybridized carbons (Fsp3) is 0.278. The number of hydrogen-bond donors (Lipinski definition) is 2. The molecule has 0 fully saturated rings. The molecule has 2 heterocycles. The van der Waals surface area contributed by atoms with E-state index in [9.17, 15) is 4.79 Å². The van der Waals surface area contributed by atoms with Crippen molar-refractivity contribution in [1.29, 1.82) is 0 Å². The smallest absolute Gasteiger partial charge is 0.273 e. The predicted octanol–water partition coefficient (Wildman–Crippen LogP) is 2.60. The van der Waals surface area contributed by atoms with E-state index in [1.165, 1.54) is 18.0 Å². The lowest BCUT2D eigenvalue weighted by atomic mass is 10.0. The molecular weight excluding hydrogens is 382 g/mol. The molecule has 2 N–H and O–H groups in total. The van der Waals surface area contributed by atoms with Gasteiger partial charge in [0.2, 0.25) is 0 Å². The van der Waals surface area contributed by atoms with Crippen molar-refractivity contribution in [3.8, 4) is 17.0 Å². The van der Waals surface area contributed by atoms with E-state index in [0.29, 0.717) is 29.1 Å². The normalized spacial score (nSPS) is 12.6. The summed E-state index contributed by atoms with van der Waals surface area (Å²) in [6.45, 7) is -0.694. The van der Waals surface area contributed by atoms with Crippen molar-refractivity contribution in [2.24, 2.45) is 7.05 Å². The number of ether oxygens (including phenoxy) is 1. The zero-order chi connectivity index (χ0) is 22.8. The molecule has 0 radical (unpaired) electrons. The molecule has 0 spiro atoms. The Bertz CT molecular complexity index is 1120. The van der Waals surface area contributed by atoms with E-state index in [-0.39, 0.29) is 16.5 Å². The largest absolute Gasteiger partial charge is 0.494 e. The first kappa shape index (κ1) is 15.8. The highest BCUT2D eigenvalue weighted by atomic mass is 35.5. The topological polar surface area (TPSA) is 107 Å². The molecule has 0 aliphatic rings. The molecule has 0 atom stereocenters. The zero-order valence-electron chi connectivity index (χ0n) is 18.4. The summed E-state index contributed by atoms with van der Waals surface area (Å²) in [6, 6.07) is 5.16. The van der Waals surface area contributed by atoms with Crippen molar-refractivity contribution >= 4 is 28.9 Å². The van der Waals surface area contributed by atoms with Crippen LogP contribution in [0.15, 0.2) is 24.4 Å². The Labute approximate surface area is 171 Å². The van der Waals surface area contributed by atoms with Crippen LogP contribution in [0.1, 0.15) is 27.1 Å². The van der Waals surface area contributed by atoms with E-state index < -0.39 is 12.9 Å². The van der Waals surface area contributed by atoms with Crippen molar-refractivity contribution in [3.63, 3.8) is 0 Å². The van der Waals surface area contributed by atoms with E-state index in [2.05, 4.69) is 25.7 Å². The van der Waals surface area contributed by atoms with Gasteiger partial charge in [0.15, 0.2) is 16.6 Å². The molecule has 10 heteroatoms. The summed E-state index contributed by atoms with van der Waals surface area (Å²) in [5.41, 5.74) is 2.70. The van der Waals surface area contributed by atoms with Crippen molar-refractivity contribution < 1.29 is 13.6 Å². The molecule has 28 heavy (non-hydrogen) atoms. The van der Waals surface area contributed by atoms with Crippen molar-refractivity contribution in [2.45, 2.75) is 13.3 Å². The summed E-state index contributed by atoms with van der Waals surface area (Å²) < 4.78 is 27.4. The van der Waals surface area contributed by atoms with Gasteiger partial charge in [-0.05, 0) is 24.1 Å². The molecule has 0 aliphatic heterocycles. The SMILES string of the molecule is [2H]C([2H])([2H])NC(=O)c1nnc(Cl)cc1Nc1cc(CC)cc(-c2cnn(C)n2)c1OC. The predicted molar refractivity (Wildman–Crippen MR) is 106 cm³/mol. The van der Waals surface area contributed by atoms with Crippen LogP contribution in [-0.4, -0.2) is 45.2 Å². The summed E-state index contributed by atoms with van der Waals surface area (Å²) >= 11 is 5.97. The average molecular weight is 405 g/mol. The Kier molecular flexibility index (Phi) is 4.64. The van der Waals surface area contributed by atoms with Gasteiger partial charge >= 0.3 is 0 Å². The lowest BCUT2D eigenvalue weighted by Crippen LogP contribution is -2.21. The van der Waals surface area contributed by atoms with Gasteiger partial charge in [-0.15, -0.1) is 10.2 Å². The number of carbonyl (C=O) groups excluding carboxylic acids is 1. The molecule has 0 saturated carbocycles. The van der Waals surface area contributed by atoms with Crippen LogP contribution in [-0.2, 0) is 13.5 Å². The quantitative estimate of drug-likeness (QED) is 0.650. The maximum absolute atomic E-state index is 12.4. The Balaban J connectivity index is 2.10. The first-order chi connectivity index (χ1) is 14.6. The number of halogens is 1. The molecule has 1 aromatic carbocycles. The molecule has 1 amide bonds.